The summed E-state index contributed by atoms with van der Waals surface area (Å²) in [7, 11) is 0. The first-order chi connectivity index (χ1) is 12.1. The van der Waals surface area contributed by atoms with Crippen molar-refractivity contribution in [2.75, 3.05) is 0 Å². The molecule has 25 heavy (non-hydrogen) atoms. The van der Waals surface area contributed by atoms with Gasteiger partial charge in [0.2, 0.25) is 0 Å². The third-order valence-electron chi connectivity index (χ3n) is 3.94. The first-order valence-electron chi connectivity index (χ1n) is 7.74. The molecule has 0 radical (unpaired) electrons. The highest BCUT2D eigenvalue weighted by molar-refractivity contribution is 5.70. The van der Waals surface area contributed by atoms with Crippen LogP contribution in [0.5, 0.6) is 0 Å². The highest BCUT2D eigenvalue weighted by Crippen LogP contribution is 2.13. The Morgan fingerprint density at radius 2 is 1.92 bits per heavy atom. The molecule has 0 saturated heterocycles. The van der Waals surface area contributed by atoms with Gasteiger partial charge in [0.1, 0.15) is 12.1 Å². The number of aryl methyl sites for hydroxylation is 1. The number of fused-ring (bicyclic) bond motifs is 1. The zero-order valence-corrected chi connectivity index (χ0v) is 13.4. The minimum atomic E-state index is -0.346. The second kappa shape index (κ2) is 5.94. The van der Waals surface area contributed by atoms with Crippen molar-refractivity contribution in [2.24, 2.45) is 0 Å². The van der Waals surface area contributed by atoms with Crippen LogP contribution in [0.4, 0.5) is 4.39 Å². The highest BCUT2D eigenvalue weighted by atomic mass is 19.1. The molecule has 0 amide bonds. The summed E-state index contributed by atoms with van der Waals surface area (Å²) in [4.78, 5) is 17.0. The molecule has 2 aromatic carbocycles. The maximum Gasteiger partial charge on any atom is 0.283 e. The van der Waals surface area contributed by atoms with E-state index in [0.29, 0.717) is 17.9 Å². The monoisotopic (exact) mass is 335 g/mol. The Balaban J connectivity index is 1.77. The fraction of sp³-hybridized carbons (Fsp3) is 0.111. The lowest BCUT2D eigenvalue weighted by Crippen LogP contribution is -2.21. The molecule has 0 aliphatic rings. The second-order valence-electron chi connectivity index (χ2n) is 5.82. The highest BCUT2D eigenvalue weighted by Gasteiger charge is 2.13. The van der Waals surface area contributed by atoms with Crippen LogP contribution >= 0.6 is 0 Å². The standard InChI is InChI=1S/C18H14FN5O/c1-12-3-2-4-13(9-12)10-23-11-20-17-16(18(23)25)21-22-24(17)15-7-5-14(19)6-8-15/h2-9,11H,10H2,1H3. The maximum absolute atomic E-state index is 13.1. The fourth-order valence-corrected chi connectivity index (χ4v) is 2.72. The molecule has 0 fully saturated rings. The van der Waals surface area contributed by atoms with Crippen molar-refractivity contribution in [2.45, 2.75) is 13.5 Å². The van der Waals surface area contributed by atoms with Crippen molar-refractivity contribution < 1.29 is 4.39 Å². The molecule has 2 heterocycles. The van der Waals surface area contributed by atoms with Crippen LogP contribution in [0.3, 0.4) is 0 Å². The summed E-state index contributed by atoms with van der Waals surface area (Å²) < 4.78 is 16.0. The first-order valence-corrected chi connectivity index (χ1v) is 7.74. The molecule has 7 heteroatoms. The van der Waals surface area contributed by atoms with Crippen LogP contribution < -0.4 is 5.56 Å². The number of hydrogen-bond donors (Lipinski definition) is 0. The van der Waals surface area contributed by atoms with E-state index in [0.717, 1.165) is 11.1 Å². The van der Waals surface area contributed by atoms with Gasteiger partial charge in [-0.1, -0.05) is 35.0 Å². The van der Waals surface area contributed by atoms with Gasteiger partial charge in [-0.3, -0.25) is 9.36 Å². The molecule has 2 aromatic heterocycles. The fourth-order valence-electron chi connectivity index (χ4n) is 2.72. The molecule has 0 aliphatic carbocycles. The summed E-state index contributed by atoms with van der Waals surface area (Å²) in [5.41, 5.74) is 2.99. The van der Waals surface area contributed by atoms with Crippen molar-refractivity contribution >= 4 is 11.2 Å². The Morgan fingerprint density at radius 1 is 1.12 bits per heavy atom. The van der Waals surface area contributed by atoms with Crippen LogP contribution in [0, 0.1) is 12.7 Å². The Kier molecular flexibility index (Phi) is 3.61. The lowest BCUT2D eigenvalue weighted by molar-refractivity contribution is 0.627. The Hall–Kier alpha value is -3.35. The molecule has 4 rings (SSSR count). The zero-order valence-electron chi connectivity index (χ0n) is 13.4. The molecule has 0 atom stereocenters. The van der Waals surface area contributed by atoms with E-state index in [4.69, 9.17) is 0 Å². The normalized spacial score (nSPS) is 11.1. The molecular weight excluding hydrogens is 321 g/mol. The first kappa shape index (κ1) is 15.2. The third-order valence-corrected chi connectivity index (χ3v) is 3.94. The molecule has 0 aliphatic heterocycles. The van der Waals surface area contributed by atoms with E-state index in [9.17, 15) is 9.18 Å². The van der Waals surface area contributed by atoms with Crippen molar-refractivity contribution in [1.29, 1.82) is 0 Å². The molecule has 0 spiro atoms. The van der Waals surface area contributed by atoms with Gasteiger partial charge in [-0.15, -0.1) is 5.10 Å². The Bertz CT molecular complexity index is 1110. The molecule has 0 bridgehead atoms. The van der Waals surface area contributed by atoms with Gasteiger partial charge in [0.15, 0.2) is 11.2 Å². The van der Waals surface area contributed by atoms with Crippen molar-refractivity contribution in [3.8, 4) is 5.69 Å². The van der Waals surface area contributed by atoms with Gasteiger partial charge in [0.25, 0.3) is 5.56 Å². The average Bonchev–Trinajstić information content (AvgIpc) is 3.03. The van der Waals surface area contributed by atoms with Crippen molar-refractivity contribution in [3.05, 3.63) is 82.2 Å². The second-order valence-corrected chi connectivity index (χ2v) is 5.82. The SMILES string of the molecule is Cc1cccc(Cn2cnc3c(nnn3-c3ccc(F)cc3)c2=O)c1. The van der Waals surface area contributed by atoms with Gasteiger partial charge in [-0.25, -0.2) is 9.37 Å². The smallest absolute Gasteiger partial charge is 0.283 e. The number of hydrogen-bond acceptors (Lipinski definition) is 4. The summed E-state index contributed by atoms with van der Waals surface area (Å²) in [6.07, 6.45) is 1.48. The number of nitrogens with zero attached hydrogens (tertiary/aromatic N) is 5. The average molecular weight is 335 g/mol. The van der Waals surface area contributed by atoms with Gasteiger partial charge in [-0.05, 0) is 36.8 Å². The molecule has 124 valence electrons. The van der Waals surface area contributed by atoms with E-state index in [1.165, 1.54) is 27.7 Å². The number of halogens is 1. The van der Waals surface area contributed by atoms with Crippen LogP contribution in [-0.2, 0) is 6.54 Å². The minimum Gasteiger partial charge on any atom is -0.293 e. The largest absolute Gasteiger partial charge is 0.293 e. The molecule has 0 unspecified atom stereocenters. The molecule has 0 N–H and O–H groups in total. The van der Waals surface area contributed by atoms with E-state index >= 15 is 0 Å². The van der Waals surface area contributed by atoms with Gasteiger partial charge < -0.3 is 0 Å². The predicted octanol–water partition coefficient (Wildman–Crippen LogP) is 2.47. The third kappa shape index (κ3) is 2.80. The maximum atomic E-state index is 13.1. The van der Waals surface area contributed by atoms with Crippen LogP contribution in [-0.4, -0.2) is 24.5 Å². The Morgan fingerprint density at radius 3 is 2.68 bits per heavy atom. The van der Waals surface area contributed by atoms with E-state index in [-0.39, 0.29) is 16.9 Å². The van der Waals surface area contributed by atoms with E-state index in [2.05, 4.69) is 15.3 Å². The Labute approximate surface area is 142 Å². The summed E-state index contributed by atoms with van der Waals surface area (Å²) >= 11 is 0. The summed E-state index contributed by atoms with van der Waals surface area (Å²) in [5, 5.41) is 7.95. The predicted molar refractivity (Wildman–Crippen MR) is 91.2 cm³/mol. The van der Waals surface area contributed by atoms with Gasteiger partial charge >= 0.3 is 0 Å². The summed E-state index contributed by atoms with van der Waals surface area (Å²) in [5.74, 6) is -0.346. The van der Waals surface area contributed by atoms with E-state index < -0.39 is 0 Å². The van der Waals surface area contributed by atoms with Crippen LogP contribution in [0.2, 0.25) is 0 Å². The van der Waals surface area contributed by atoms with Gasteiger partial charge in [0, 0.05) is 0 Å². The summed E-state index contributed by atoms with van der Waals surface area (Å²) in [6, 6.07) is 13.7. The van der Waals surface area contributed by atoms with Gasteiger partial charge in [-0.2, -0.15) is 4.68 Å². The van der Waals surface area contributed by atoms with Crippen molar-refractivity contribution in [1.82, 2.24) is 24.5 Å². The lowest BCUT2D eigenvalue weighted by Gasteiger charge is -2.06. The summed E-state index contributed by atoms with van der Waals surface area (Å²) in [6.45, 7) is 2.41. The lowest BCUT2D eigenvalue weighted by atomic mass is 10.1. The van der Waals surface area contributed by atoms with Crippen molar-refractivity contribution in [3.63, 3.8) is 0 Å². The van der Waals surface area contributed by atoms with Crippen LogP contribution in [0.15, 0.2) is 59.7 Å². The molecule has 6 nitrogen and oxygen atoms in total. The minimum absolute atomic E-state index is 0.180. The molecule has 4 aromatic rings. The topological polar surface area (TPSA) is 65.6 Å². The molecule has 0 saturated carbocycles. The van der Waals surface area contributed by atoms with Crippen LogP contribution in [0.25, 0.3) is 16.9 Å². The van der Waals surface area contributed by atoms with E-state index in [1.807, 2.05) is 31.2 Å². The van der Waals surface area contributed by atoms with E-state index in [1.54, 1.807) is 12.1 Å². The molecular formula is C18H14FN5O. The van der Waals surface area contributed by atoms with Crippen LogP contribution in [0.1, 0.15) is 11.1 Å². The quantitative estimate of drug-likeness (QED) is 0.577. The number of aromatic nitrogens is 5. The number of rotatable bonds is 3. The zero-order chi connectivity index (χ0) is 17.4. The van der Waals surface area contributed by atoms with Gasteiger partial charge in [0.05, 0.1) is 12.2 Å². The number of benzene rings is 2.